The summed E-state index contributed by atoms with van der Waals surface area (Å²) < 4.78 is 12.0. The minimum absolute atomic E-state index is 0.0328. The van der Waals surface area contributed by atoms with Gasteiger partial charge in [0.2, 0.25) is 5.88 Å². The Bertz CT molecular complexity index is 1220. The van der Waals surface area contributed by atoms with E-state index in [-0.39, 0.29) is 24.4 Å². The largest absolute Gasteiger partial charge is 0.493 e. The van der Waals surface area contributed by atoms with Gasteiger partial charge in [-0.25, -0.2) is 14.6 Å². The van der Waals surface area contributed by atoms with E-state index in [2.05, 4.69) is 20.9 Å². The van der Waals surface area contributed by atoms with Crippen LogP contribution in [0.4, 0.5) is 9.59 Å². The first-order chi connectivity index (χ1) is 18.1. The van der Waals surface area contributed by atoms with Crippen LogP contribution in [0.15, 0.2) is 34.9 Å². The number of likely N-dealkylation sites (tertiary alicyclic amines) is 1. The molecule has 0 spiro atoms. The molecule has 1 aliphatic rings. The van der Waals surface area contributed by atoms with E-state index in [1.165, 1.54) is 0 Å². The summed E-state index contributed by atoms with van der Waals surface area (Å²) in [7, 11) is 0. The van der Waals surface area contributed by atoms with Gasteiger partial charge in [-0.1, -0.05) is 45.7 Å². The minimum Gasteiger partial charge on any atom is -0.493 e. The summed E-state index contributed by atoms with van der Waals surface area (Å²) in [5.74, 6) is -0.124. The fourth-order valence-electron chi connectivity index (χ4n) is 4.07. The van der Waals surface area contributed by atoms with Gasteiger partial charge in [0.05, 0.1) is 6.54 Å². The average molecular weight is 623 g/mol. The molecule has 0 radical (unpaired) electrons. The Balaban J connectivity index is 1.77. The molecule has 1 N–H and O–H groups in total. The number of aromatic hydroxyl groups is 1. The Hall–Kier alpha value is -2.78. The maximum atomic E-state index is 13.2. The van der Waals surface area contributed by atoms with E-state index in [1.54, 1.807) is 28.1 Å². The highest BCUT2D eigenvalue weighted by molar-refractivity contribution is 9.10. The molecule has 1 fully saturated rings. The van der Waals surface area contributed by atoms with Gasteiger partial charge in [0.1, 0.15) is 11.2 Å². The molecule has 1 unspecified atom stereocenters. The molecule has 10 heteroatoms. The van der Waals surface area contributed by atoms with Crippen molar-refractivity contribution in [1.29, 1.82) is 0 Å². The van der Waals surface area contributed by atoms with Crippen molar-refractivity contribution in [3.8, 4) is 5.88 Å². The Morgan fingerprint density at radius 3 is 2.49 bits per heavy atom. The topological polar surface area (TPSA) is 92.2 Å². The second kappa shape index (κ2) is 12.6. The minimum atomic E-state index is -0.690. The van der Waals surface area contributed by atoms with E-state index in [4.69, 9.17) is 21.1 Å². The van der Waals surface area contributed by atoms with Crippen molar-refractivity contribution in [2.45, 2.75) is 65.7 Å². The van der Waals surface area contributed by atoms with Gasteiger partial charge in [-0.2, -0.15) is 0 Å². The number of pyridine rings is 1. The lowest BCUT2D eigenvalue weighted by Gasteiger charge is -2.29. The first-order valence-corrected chi connectivity index (χ1v) is 14.0. The molecule has 1 aliphatic heterocycles. The van der Waals surface area contributed by atoms with Crippen molar-refractivity contribution in [1.82, 2.24) is 14.8 Å². The standard InChI is InChI=1S/C29H37BrClN3O5/c1-28(2,3)38-26(36)33-12-11-20(16-33)17-34(27(37)39-29(4,5)6)18-22-13-19(15-32-25(22)35)7-8-21-9-10-23(31)14-24(21)30/h7-10,13-15,20H,11-12,16-18H2,1-6H3,(H,32,35)/b8-7+. The molecule has 2 aromatic rings. The van der Waals surface area contributed by atoms with Crippen LogP contribution in [-0.2, 0) is 16.0 Å². The molecule has 2 heterocycles. The van der Waals surface area contributed by atoms with Crippen molar-refractivity contribution in [2.24, 2.45) is 5.92 Å². The molecule has 39 heavy (non-hydrogen) atoms. The molecular weight excluding hydrogens is 586 g/mol. The Kier molecular flexibility index (Phi) is 9.93. The van der Waals surface area contributed by atoms with Crippen LogP contribution in [0.2, 0.25) is 5.02 Å². The molecule has 1 saturated heterocycles. The van der Waals surface area contributed by atoms with E-state index >= 15 is 0 Å². The predicted molar refractivity (Wildman–Crippen MR) is 157 cm³/mol. The van der Waals surface area contributed by atoms with E-state index in [0.717, 1.165) is 22.0 Å². The monoisotopic (exact) mass is 621 g/mol. The molecule has 212 valence electrons. The zero-order valence-electron chi connectivity index (χ0n) is 23.3. The number of nitrogens with zero attached hydrogens (tertiary/aromatic N) is 3. The molecule has 3 rings (SSSR count). The van der Waals surface area contributed by atoms with Crippen LogP contribution in [0, 0.1) is 5.92 Å². The van der Waals surface area contributed by atoms with Crippen molar-refractivity contribution in [3.05, 3.63) is 56.6 Å². The second-order valence-electron chi connectivity index (χ2n) is 11.7. The lowest BCUT2D eigenvalue weighted by molar-refractivity contribution is 0.0195. The average Bonchev–Trinajstić information content (AvgIpc) is 3.26. The number of halogens is 2. The maximum absolute atomic E-state index is 13.2. The first-order valence-electron chi connectivity index (χ1n) is 12.9. The predicted octanol–water partition coefficient (Wildman–Crippen LogP) is 7.37. The van der Waals surface area contributed by atoms with Crippen molar-refractivity contribution >= 4 is 51.9 Å². The number of hydrogen-bond acceptors (Lipinski definition) is 6. The SMILES string of the molecule is CC(C)(C)OC(=O)N1CCC(CN(Cc2cc(/C=C/c3ccc(Cl)cc3Br)cnc2O)C(=O)OC(C)(C)C)C1. The number of hydrogen-bond donors (Lipinski definition) is 1. The first kappa shape index (κ1) is 30.8. The Morgan fingerprint density at radius 1 is 1.15 bits per heavy atom. The van der Waals surface area contributed by atoms with Gasteiger partial charge < -0.3 is 24.4 Å². The number of carbonyl (C=O) groups is 2. The van der Waals surface area contributed by atoms with E-state index in [1.807, 2.05) is 65.8 Å². The summed E-state index contributed by atoms with van der Waals surface area (Å²) in [6.45, 7) is 12.4. The summed E-state index contributed by atoms with van der Waals surface area (Å²) in [4.78, 5) is 33.1. The van der Waals surface area contributed by atoms with Gasteiger partial charge in [-0.05, 0) is 83.2 Å². The molecular formula is C29H37BrClN3O5. The lowest BCUT2D eigenvalue weighted by Crippen LogP contribution is -2.40. The van der Waals surface area contributed by atoms with Crippen LogP contribution in [0.1, 0.15) is 64.7 Å². The highest BCUT2D eigenvalue weighted by Gasteiger charge is 2.33. The smallest absolute Gasteiger partial charge is 0.410 e. The molecule has 1 aromatic carbocycles. The lowest BCUT2D eigenvalue weighted by atomic mass is 10.1. The van der Waals surface area contributed by atoms with Gasteiger partial charge in [0.25, 0.3) is 0 Å². The number of aromatic nitrogens is 1. The molecule has 1 aromatic heterocycles. The van der Waals surface area contributed by atoms with Crippen LogP contribution in [-0.4, -0.2) is 62.9 Å². The van der Waals surface area contributed by atoms with Crippen molar-refractivity contribution in [3.63, 3.8) is 0 Å². The summed E-state index contributed by atoms with van der Waals surface area (Å²) in [5, 5.41) is 11.2. The normalized spacial score (nSPS) is 16.0. The quantitative estimate of drug-likeness (QED) is 0.362. The van der Waals surface area contributed by atoms with E-state index in [9.17, 15) is 14.7 Å². The van der Waals surface area contributed by atoms with Crippen LogP contribution >= 0.6 is 27.5 Å². The fourth-order valence-corrected chi connectivity index (χ4v) is 4.89. The molecule has 1 atom stereocenters. The third-order valence-corrected chi connectivity index (χ3v) is 6.73. The number of rotatable bonds is 6. The van der Waals surface area contributed by atoms with E-state index in [0.29, 0.717) is 30.2 Å². The Labute approximate surface area is 244 Å². The summed E-state index contributed by atoms with van der Waals surface area (Å²) >= 11 is 9.54. The highest BCUT2D eigenvalue weighted by Crippen LogP contribution is 2.26. The third kappa shape index (κ3) is 9.72. The van der Waals surface area contributed by atoms with Crippen molar-refractivity contribution in [2.75, 3.05) is 19.6 Å². The number of ether oxygens (including phenoxy) is 2. The van der Waals surface area contributed by atoms with Gasteiger partial charge in [-0.3, -0.25) is 0 Å². The van der Waals surface area contributed by atoms with Gasteiger partial charge >= 0.3 is 12.2 Å². The van der Waals surface area contributed by atoms with Gasteiger partial charge in [0.15, 0.2) is 0 Å². The van der Waals surface area contributed by atoms with Crippen molar-refractivity contribution < 1.29 is 24.2 Å². The maximum Gasteiger partial charge on any atom is 0.410 e. The van der Waals surface area contributed by atoms with Crippen LogP contribution in [0.5, 0.6) is 5.88 Å². The molecule has 2 amide bonds. The molecule has 0 bridgehead atoms. The van der Waals surface area contributed by atoms with Gasteiger partial charge in [0, 0.05) is 40.9 Å². The summed E-state index contributed by atoms with van der Waals surface area (Å²) in [6.07, 6.45) is 5.21. The molecule has 0 saturated carbocycles. The van der Waals surface area contributed by atoms with E-state index < -0.39 is 17.3 Å². The number of carbonyl (C=O) groups excluding carboxylic acids is 2. The number of benzene rings is 1. The summed E-state index contributed by atoms with van der Waals surface area (Å²) in [6, 6.07) is 7.30. The fraction of sp³-hybridized carbons (Fsp3) is 0.483. The zero-order valence-corrected chi connectivity index (χ0v) is 25.7. The summed E-state index contributed by atoms with van der Waals surface area (Å²) in [5.41, 5.74) is 0.904. The highest BCUT2D eigenvalue weighted by atomic mass is 79.9. The third-order valence-electron chi connectivity index (χ3n) is 5.81. The second-order valence-corrected chi connectivity index (χ2v) is 13.0. The molecule has 8 nitrogen and oxygen atoms in total. The van der Waals surface area contributed by atoms with Crippen LogP contribution in [0.25, 0.3) is 12.2 Å². The van der Waals surface area contributed by atoms with Gasteiger partial charge in [-0.15, -0.1) is 0 Å². The molecule has 0 aliphatic carbocycles. The zero-order chi connectivity index (χ0) is 29.0. The van der Waals surface area contributed by atoms with Crippen LogP contribution < -0.4 is 0 Å². The number of amides is 2. The Morgan fingerprint density at radius 2 is 1.85 bits per heavy atom. The van der Waals surface area contributed by atoms with Crippen LogP contribution in [0.3, 0.4) is 0 Å².